The Kier molecular flexibility index (Phi) is 8.75. The Morgan fingerprint density at radius 2 is 1.67 bits per heavy atom. The molecule has 0 bridgehead atoms. The zero-order chi connectivity index (χ0) is 33.1. The first kappa shape index (κ1) is 32.6. The molecule has 0 aromatic heterocycles. The number of fused-ring (bicyclic) bond motifs is 3. The number of nitrogens with zero attached hydrogens (tertiary/aromatic N) is 1. The van der Waals surface area contributed by atoms with E-state index in [1.54, 1.807) is 23.9 Å². The Morgan fingerprint density at radius 1 is 1.02 bits per heavy atom. The van der Waals surface area contributed by atoms with Gasteiger partial charge in [0.2, 0.25) is 5.78 Å². The van der Waals surface area contributed by atoms with Crippen molar-refractivity contribution in [2.45, 2.75) is 86.7 Å². The molecule has 6 N–H and O–H groups in total. The van der Waals surface area contributed by atoms with Gasteiger partial charge >= 0.3 is 5.97 Å². The second kappa shape index (κ2) is 12.4. The summed E-state index contributed by atoms with van der Waals surface area (Å²) in [4.78, 5) is 56.4. The first-order valence-electron chi connectivity index (χ1n) is 16.2. The molecule has 6 atom stereocenters. The fourth-order valence-electron chi connectivity index (χ4n) is 8.57. The smallest absolute Gasteiger partial charge is 0.309 e. The zero-order valence-corrected chi connectivity index (χ0v) is 26.9. The van der Waals surface area contributed by atoms with Crippen molar-refractivity contribution in [2.24, 2.45) is 23.5 Å². The lowest BCUT2D eigenvalue weighted by molar-refractivity contribution is -0.188. The number of aromatic hydroxyl groups is 1. The van der Waals surface area contributed by atoms with E-state index in [4.69, 9.17) is 10.5 Å². The van der Waals surface area contributed by atoms with E-state index < -0.39 is 82.0 Å². The standard InChI is InChI=1S/C34H42N2O9S/c1-36(2)26-25-29(45-33(43)16-9-4-3-5-10-16)22-19(15-46-17-11-6-7-12-17)18-13-8-14-20(37)21(18)27(38)23(22)30(40)34(25,44)31(41)24(28(26)39)32(35)42/h8,13-14,16-17,19,22,25-26,29,37-38,41,44H,3-7,9-12,15H2,1-2H3,(H2,35,42)/t19-,22+,25+,26-,29-,34+/m0/s1. The van der Waals surface area contributed by atoms with E-state index in [9.17, 15) is 39.6 Å². The molecule has 0 saturated heterocycles. The number of ketones is 2. The number of hydrogen-bond acceptors (Lipinski definition) is 11. The predicted molar refractivity (Wildman–Crippen MR) is 170 cm³/mol. The average Bonchev–Trinajstić information content (AvgIpc) is 3.54. The van der Waals surface area contributed by atoms with Gasteiger partial charge in [-0.25, -0.2) is 0 Å². The minimum absolute atomic E-state index is 0.0215. The summed E-state index contributed by atoms with van der Waals surface area (Å²) in [6.45, 7) is 0. The molecule has 248 valence electrons. The van der Waals surface area contributed by atoms with Gasteiger partial charge in [-0.05, 0) is 51.4 Å². The first-order chi connectivity index (χ1) is 21.9. The second-order valence-electron chi connectivity index (χ2n) is 13.6. The molecule has 0 unspecified atom stereocenters. The fourth-order valence-corrected chi connectivity index (χ4v) is 10.1. The number of nitrogens with two attached hydrogens (primary N) is 1. The van der Waals surface area contributed by atoms with E-state index in [0.29, 0.717) is 29.4 Å². The van der Waals surface area contributed by atoms with Crippen molar-refractivity contribution in [3.05, 3.63) is 46.2 Å². The van der Waals surface area contributed by atoms with Crippen LogP contribution in [-0.2, 0) is 23.9 Å². The van der Waals surface area contributed by atoms with Crippen molar-refractivity contribution in [2.75, 3.05) is 19.8 Å². The summed E-state index contributed by atoms with van der Waals surface area (Å²) in [6, 6.07) is 3.39. The Morgan fingerprint density at radius 3 is 2.30 bits per heavy atom. The van der Waals surface area contributed by atoms with Gasteiger partial charge in [-0.2, -0.15) is 11.8 Å². The van der Waals surface area contributed by atoms with Gasteiger partial charge in [0.1, 0.15) is 28.9 Å². The van der Waals surface area contributed by atoms with Crippen molar-refractivity contribution in [1.29, 1.82) is 0 Å². The number of benzene rings is 1. The molecule has 3 saturated carbocycles. The third-order valence-corrected chi connectivity index (χ3v) is 12.3. The number of Topliss-reactive ketones (excluding diaryl/α,β-unsaturated/α-hetero) is 2. The van der Waals surface area contributed by atoms with Crippen LogP contribution in [0.4, 0.5) is 0 Å². The molecule has 5 aliphatic rings. The number of likely N-dealkylation sites (N-methyl/N-ethyl adjacent to an activating group) is 1. The summed E-state index contributed by atoms with van der Waals surface area (Å²) in [5.41, 5.74) is 1.89. The van der Waals surface area contributed by atoms with Crippen LogP contribution in [0.1, 0.15) is 74.8 Å². The molecule has 5 aliphatic carbocycles. The Labute approximate surface area is 271 Å². The summed E-state index contributed by atoms with van der Waals surface area (Å²) in [5.74, 6) is -9.19. The molecular formula is C34H42N2O9S. The van der Waals surface area contributed by atoms with Crippen LogP contribution in [0.25, 0.3) is 5.76 Å². The monoisotopic (exact) mass is 654 g/mol. The van der Waals surface area contributed by atoms with Crippen molar-refractivity contribution < 1.29 is 44.3 Å². The molecule has 12 heteroatoms. The van der Waals surface area contributed by atoms with Gasteiger partial charge in [0.25, 0.3) is 5.91 Å². The number of aliphatic hydroxyl groups excluding tert-OH is 2. The average molecular weight is 655 g/mol. The van der Waals surface area contributed by atoms with E-state index in [0.717, 1.165) is 44.9 Å². The van der Waals surface area contributed by atoms with E-state index >= 15 is 0 Å². The van der Waals surface area contributed by atoms with E-state index in [2.05, 4.69) is 0 Å². The number of carbonyl (C=O) groups excluding carboxylic acids is 4. The molecule has 6 rings (SSSR count). The van der Waals surface area contributed by atoms with Crippen LogP contribution in [0.3, 0.4) is 0 Å². The normalized spacial score (nSPS) is 32.0. The summed E-state index contributed by atoms with van der Waals surface area (Å²) in [6.07, 6.45) is 6.73. The largest absolute Gasteiger partial charge is 0.508 e. The molecule has 0 spiro atoms. The van der Waals surface area contributed by atoms with Gasteiger partial charge in [-0.3, -0.25) is 24.1 Å². The minimum atomic E-state index is -2.95. The predicted octanol–water partition coefficient (Wildman–Crippen LogP) is 3.28. The van der Waals surface area contributed by atoms with Crippen molar-refractivity contribution in [3.8, 4) is 5.75 Å². The maximum absolute atomic E-state index is 14.7. The number of hydrogen-bond donors (Lipinski definition) is 5. The molecule has 1 aromatic rings. The Balaban J connectivity index is 1.59. The highest BCUT2D eigenvalue weighted by atomic mass is 32.2. The van der Waals surface area contributed by atoms with Gasteiger partial charge in [-0.15, -0.1) is 0 Å². The molecule has 11 nitrogen and oxygen atoms in total. The molecule has 46 heavy (non-hydrogen) atoms. The van der Waals surface area contributed by atoms with Crippen LogP contribution in [0.5, 0.6) is 5.75 Å². The van der Waals surface area contributed by atoms with Crippen LogP contribution in [0, 0.1) is 17.8 Å². The topological polar surface area (TPSA) is 188 Å². The summed E-state index contributed by atoms with van der Waals surface area (Å²) < 4.78 is 6.35. The molecule has 0 radical (unpaired) electrons. The summed E-state index contributed by atoms with van der Waals surface area (Å²) in [7, 11) is 3.05. The van der Waals surface area contributed by atoms with E-state index in [1.807, 2.05) is 0 Å². The molecule has 1 aromatic carbocycles. The number of phenols is 1. The van der Waals surface area contributed by atoms with Gasteiger partial charge in [-0.1, -0.05) is 44.2 Å². The number of ether oxygens (including phenoxy) is 1. The number of primary amides is 1. The van der Waals surface area contributed by atoms with Crippen molar-refractivity contribution in [3.63, 3.8) is 0 Å². The van der Waals surface area contributed by atoms with Crippen LogP contribution in [0.15, 0.2) is 35.1 Å². The molecule has 1 amide bonds. The number of thioether (sulfide) groups is 1. The highest BCUT2D eigenvalue weighted by molar-refractivity contribution is 7.99. The van der Waals surface area contributed by atoms with Crippen LogP contribution in [-0.4, -0.2) is 91.6 Å². The number of carbonyl (C=O) groups is 4. The molecule has 0 aliphatic heterocycles. The zero-order valence-electron chi connectivity index (χ0n) is 26.1. The number of amides is 1. The van der Waals surface area contributed by atoms with Gasteiger partial charge in [0, 0.05) is 28.4 Å². The van der Waals surface area contributed by atoms with E-state index in [-0.39, 0.29) is 16.9 Å². The minimum Gasteiger partial charge on any atom is -0.508 e. The quantitative estimate of drug-likeness (QED) is 0.214. The van der Waals surface area contributed by atoms with Crippen LogP contribution < -0.4 is 5.73 Å². The van der Waals surface area contributed by atoms with Gasteiger partial charge in [0.05, 0.1) is 23.4 Å². The summed E-state index contributed by atoms with van der Waals surface area (Å²) >= 11 is 1.71. The third kappa shape index (κ3) is 5.04. The molecule has 3 fully saturated rings. The number of phenolic OH excluding ortho intramolecular Hbond substituents is 1. The van der Waals surface area contributed by atoms with Crippen LogP contribution >= 0.6 is 11.8 Å². The third-order valence-electron chi connectivity index (χ3n) is 10.8. The SMILES string of the molecule is CN(C)[C@@H]1C(=O)C(C(N)=O)=C(O)[C@]2(O)C(=O)C3=C(O)c4c(O)cccc4[C@H](CSC4CCCC4)[C@H]3[C@H](OC(=O)C3CCCCC3)[C@@H]12. The number of esters is 1. The lowest BCUT2D eigenvalue weighted by atomic mass is 9.54. The lowest BCUT2D eigenvalue weighted by Crippen LogP contribution is -2.71. The maximum atomic E-state index is 14.7. The molecular weight excluding hydrogens is 612 g/mol. The van der Waals surface area contributed by atoms with Gasteiger partial charge < -0.3 is 30.9 Å². The number of rotatable bonds is 7. The van der Waals surface area contributed by atoms with Gasteiger partial charge in [0.15, 0.2) is 11.4 Å². The van der Waals surface area contributed by atoms with Crippen molar-refractivity contribution in [1.82, 2.24) is 4.90 Å². The highest BCUT2D eigenvalue weighted by Crippen LogP contribution is 2.58. The van der Waals surface area contributed by atoms with E-state index in [1.165, 1.54) is 25.1 Å². The molecule has 0 heterocycles. The maximum Gasteiger partial charge on any atom is 0.309 e. The fraction of sp³-hybridized carbons (Fsp3) is 0.588. The Hall–Kier alpha value is -3.35. The first-order valence-corrected chi connectivity index (χ1v) is 17.2. The van der Waals surface area contributed by atoms with Crippen LogP contribution in [0.2, 0.25) is 0 Å². The highest BCUT2D eigenvalue weighted by Gasteiger charge is 2.70. The Bertz CT molecular complexity index is 1520. The van der Waals surface area contributed by atoms with Crippen molar-refractivity contribution >= 4 is 41.0 Å². The summed E-state index contributed by atoms with van der Waals surface area (Å²) in [5, 5.41) is 46.9. The second-order valence-corrected chi connectivity index (χ2v) is 14.9. The lowest BCUT2D eigenvalue weighted by Gasteiger charge is -2.55. The number of aliphatic hydroxyl groups is 3.